The summed E-state index contributed by atoms with van der Waals surface area (Å²) in [7, 11) is 1.32. The Morgan fingerprint density at radius 3 is 2.66 bits per heavy atom. The Morgan fingerprint density at radius 2 is 2.07 bits per heavy atom. The SMILES string of the molecule is COC(=O)N1c2ccc(C(C=NC3CC3)=CN)c(OC(CF)CF)c2CC[C@@H]1C. The number of amides is 1. The van der Waals surface area contributed by atoms with Gasteiger partial charge in [0.15, 0.2) is 6.10 Å². The van der Waals surface area contributed by atoms with Gasteiger partial charge in [-0.2, -0.15) is 0 Å². The molecule has 2 aliphatic rings. The second kappa shape index (κ2) is 9.24. The molecule has 1 aliphatic heterocycles. The molecule has 1 aliphatic carbocycles. The van der Waals surface area contributed by atoms with Crippen LogP contribution in [0.15, 0.2) is 23.3 Å². The molecule has 1 aromatic rings. The molecule has 0 aromatic heterocycles. The van der Waals surface area contributed by atoms with Crippen LogP contribution in [0.2, 0.25) is 0 Å². The van der Waals surface area contributed by atoms with Crippen molar-refractivity contribution in [3.63, 3.8) is 0 Å². The van der Waals surface area contributed by atoms with Crippen molar-refractivity contribution in [2.45, 2.75) is 50.8 Å². The van der Waals surface area contributed by atoms with Crippen LogP contribution in [0.4, 0.5) is 19.3 Å². The Bertz CT molecular complexity index is 805. The van der Waals surface area contributed by atoms with E-state index in [-0.39, 0.29) is 6.04 Å². The summed E-state index contributed by atoms with van der Waals surface area (Å²) >= 11 is 0. The summed E-state index contributed by atoms with van der Waals surface area (Å²) < 4.78 is 37.2. The van der Waals surface area contributed by atoms with Crippen molar-refractivity contribution in [2.24, 2.45) is 10.7 Å². The highest BCUT2D eigenvalue weighted by atomic mass is 19.1. The predicted molar refractivity (Wildman–Crippen MR) is 109 cm³/mol. The molecule has 0 unspecified atom stereocenters. The number of nitrogens with zero attached hydrogens (tertiary/aromatic N) is 2. The van der Waals surface area contributed by atoms with Crippen LogP contribution in [0.25, 0.3) is 5.57 Å². The molecule has 1 saturated carbocycles. The smallest absolute Gasteiger partial charge is 0.414 e. The molecule has 6 nitrogen and oxygen atoms in total. The van der Waals surface area contributed by atoms with Gasteiger partial charge in [0.05, 0.1) is 18.8 Å². The quantitative estimate of drug-likeness (QED) is 0.697. The first-order valence-corrected chi connectivity index (χ1v) is 9.81. The molecular weight excluding hydrogens is 380 g/mol. The van der Waals surface area contributed by atoms with E-state index in [1.807, 2.05) is 6.92 Å². The van der Waals surface area contributed by atoms with E-state index in [1.165, 1.54) is 13.3 Å². The summed E-state index contributed by atoms with van der Waals surface area (Å²) in [5, 5.41) is 0. The van der Waals surface area contributed by atoms with Crippen LogP contribution in [0.5, 0.6) is 5.75 Å². The summed E-state index contributed by atoms with van der Waals surface area (Å²) in [6.45, 7) is -0.00311. The standard InChI is InChI=1S/C21H27F2N3O3/c1-13-3-6-18-19(26(13)21(27)28-2)8-7-17(20(18)29-16(9-22)10-23)14(11-24)12-25-15-4-5-15/h7-8,11-13,15-16H,3-6,9-10,24H2,1-2H3/t13-/m0/s1. The molecule has 2 N–H and O–H groups in total. The average molecular weight is 407 g/mol. The number of halogens is 2. The number of aliphatic imine (C=N–C) groups is 1. The van der Waals surface area contributed by atoms with Gasteiger partial charge < -0.3 is 15.2 Å². The number of alkyl halides is 2. The molecule has 158 valence electrons. The van der Waals surface area contributed by atoms with Crippen molar-refractivity contribution in [1.82, 2.24) is 0 Å². The fraction of sp³-hybridized carbons (Fsp3) is 0.524. The van der Waals surface area contributed by atoms with Crippen LogP contribution in [0.3, 0.4) is 0 Å². The predicted octanol–water partition coefficient (Wildman–Crippen LogP) is 3.81. The minimum Gasteiger partial charge on any atom is -0.484 e. The molecule has 0 saturated heterocycles. The van der Waals surface area contributed by atoms with E-state index in [0.717, 1.165) is 12.8 Å². The number of nitrogens with two attached hydrogens (primary N) is 1. The van der Waals surface area contributed by atoms with Crippen LogP contribution in [-0.2, 0) is 11.2 Å². The van der Waals surface area contributed by atoms with Gasteiger partial charge >= 0.3 is 6.09 Å². The van der Waals surface area contributed by atoms with E-state index in [4.69, 9.17) is 15.2 Å². The monoisotopic (exact) mass is 407 g/mol. The van der Waals surface area contributed by atoms with E-state index in [2.05, 4.69) is 4.99 Å². The maximum atomic E-state index is 13.3. The lowest BCUT2D eigenvalue weighted by molar-refractivity contribution is 0.132. The third kappa shape index (κ3) is 4.52. The number of methoxy groups -OCH3 is 1. The summed E-state index contributed by atoms with van der Waals surface area (Å²) in [6.07, 6.45) is 4.70. The first kappa shape index (κ1) is 21.1. The van der Waals surface area contributed by atoms with Crippen LogP contribution >= 0.6 is 0 Å². The number of allylic oxidation sites excluding steroid dienone is 1. The van der Waals surface area contributed by atoms with Gasteiger partial charge in [-0.05, 0) is 44.7 Å². The average Bonchev–Trinajstić information content (AvgIpc) is 3.56. The van der Waals surface area contributed by atoms with Crippen molar-refractivity contribution in [2.75, 3.05) is 25.4 Å². The minimum absolute atomic E-state index is 0.0762. The van der Waals surface area contributed by atoms with E-state index in [9.17, 15) is 13.6 Å². The zero-order chi connectivity index (χ0) is 21.0. The molecule has 1 heterocycles. The van der Waals surface area contributed by atoms with Gasteiger partial charge in [0.25, 0.3) is 0 Å². The van der Waals surface area contributed by atoms with E-state index in [0.29, 0.717) is 47.0 Å². The minimum atomic E-state index is -1.23. The molecule has 0 spiro atoms. The van der Waals surface area contributed by atoms with Gasteiger partial charge in [-0.25, -0.2) is 13.6 Å². The first-order valence-electron chi connectivity index (χ1n) is 9.81. The van der Waals surface area contributed by atoms with Crippen LogP contribution in [-0.4, -0.2) is 51.0 Å². The Hall–Kier alpha value is -2.64. The maximum Gasteiger partial charge on any atom is 0.414 e. The number of rotatable bonds is 7. The lowest BCUT2D eigenvalue weighted by Crippen LogP contribution is -2.42. The summed E-state index contributed by atoms with van der Waals surface area (Å²) in [6, 6.07) is 3.76. The van der Waals surface area contributed by atoms with Gasteiger partial charge in [-0.1, -0.05) is 0 Å². The number of anilines is 1. The second-order valence-electron chi connectivity index (χ2n) is 7.35. The molecular formula is C21H27F2N3O3. The van der Waals surface area contributed by atoms with Gasteiger partial charge in [0, 0.05) is 35.2 Å². The van der Waals surface area contributed by atoms with Crippen LogP contribution in [0.1, 0.15) is 37.3 Å². The van der Waals surface area contributed by atoms with Gasteiger partial charge in [0.2, 0.25) is 0 Å². The Labute approximate surface area is 169 Å². The topological polar surface area (TPSA) is 77.2 Å². The fourth-order valence-electron chi connectivity index (χ4n) is 3.43. The van der Waals surface area contributed by atoms with E-state index >= 15 is 0 Å². The molecule has 1 aromatic carbocycles. The summed E-state index contributed by atoms with van der Waals surface area (Å²) in [5.74, 6) is 0.336. The molecule has 3 rings (SSSR count). The maximum absolute atomic E-state index is 13.3. The summed E-state index contributed by atoms with van der Waals surface area (Å²) in [4.78, 5) is 18.3. The molecule has 1 fully saturated rings. The molecule has 0 radical (unpaired) electrons. The normalized spacial score (nSPS) is 19.6. The van der Waals surface area contributed by atoms with Crippen molar-refractivity contribution in [3.05, 3.63) is 29.5 Å². The molecule has 8 heteroatoms. The zero-order valence-corrected chi connectivity index (χ0v) is 16.7. The fourth-order valence-corrected chi connectivity index (χ4v) is 3.43. The van der Waals surface area contributed by atoms with Crippen molar-refractivity contribution >= 4 is 23.6 Å². The van der Waals surface area contributed by atoms with Crippen LogP contribution in [0, 0.1) is 0 Å². The Balaban J connectivity index is 2.10. The molecule has 0 bridgehead atoms. The highest BCUT2D eigenvalue weighted by Gasteiger charge is 2.33. The molecule has 29 heavy (non-hydrogen) atoms. The summed E-state index contributed by atoms with van der Waals surface area (Å²) in [5.41, 5.74) is 8.35. The van der Waals surface area contributed by atoms with E-state index in [1.54, 1.807) is 23.2 Å². The largest absolute Gasteiger partial charge is 0.484 e. The number of fused-ring (bicyclic) bond motifs is 1. The van der Waals surface area contributed by atoms with Crippen LogP contribution < -0.4 is 15.4 Å². The number of ether oxygens (including phenoxy) is 2. The third-order valence-corrected chi connectivity index (χ3v) is 5.21. The lowest BCUT2D eigenvalue weighted by atomic mass is 9.92. The molecule has 1 amide bonds. The highest BCUT2D eigenvalue weighted by Crippen LogP contribution is 2.42. The zero-order valence-electron chi connectivity index (χ0n) is 16.7. The van der Waals surface area contributed by atoms with Crippen molar-refractivity contribution < 1.29 is 23.0 Å². The third-order valence-electron chi connectivity index (χ3n) is 5.21. The van der Waals surface area contributed by atoms with Gasteiger partial charge in [0.1, 0.15) is 19.1 Å². The van der Waals surface area contributed by atoms with Gasteiger partial charge in [-0.3, -0.25) is 9.89 Å². The first-order chi connectivity index (χ1) is 14.0. The van der Waals surface area contributed by atoms with Crippen molar-refractivity contribution in [3.8, 4) is 5.75 Å². The number of benzene rings is 1. The Kier molecular flexibility index (Phi) is 6.71. The molecule has 1 atom stereocenters. The lowest BCUT2D eigenvalue weighted by Gasteiger charge is -2.35. The highest BCUT2D eigenvalue weighted by molar-refractivity contribution is 6.11. The number of carbonyl (C=O) groups excluding carboxylic acids is 1. The second-order valence-corrected chi connectivity index (χ2v) is 7.35. The van der Waals surface area contributed by atoms with Crippen molar-refractivity contribution in [1.29, 1.82) is 0 Å². The van der Waals surface area contributed by atoms with Gasteiger partial charge in [-0.15, -0.1) is 0 Å². The van der Waals surface area contributed by atoms with E-state index < -0.39 is 25.5 Å². The number of hydrogen-bond donors (Lipinski definition) is 1. The number of carbonyl (C=O) groups is 1. The number of hydrogen-bond acceptors (Lipinski definition) is 5. The Morgan fingerprint density at radius 1 is 1.34 bits per heavy atom.